The Bertz CT molecular complexity index is 2470. The normalized spacial score (nSPS) is 17.2. The van der Waals surface area contributed by atoms with Crippen LogP contribution in [0.2, 0.25) is 0 Å². The predicted molar refractivity (Wildman–Crippen MR) is 195 cm³/mol. The Morgan fingerprint density at radius 2 is 1.48 bits per heavy atom. The number of nitrogens with zero attached hydrogens (tertiary/aromatic N) is 3. The Kier molecular flexibility index (Phi) is 7.80. The number of pyridine rings is 1. The molecule has 0 N–H and O–H groups in total. The summed E-state index contributed by atoms with van der Waals surface area (Å²) in [5.74, 6) is 2.74. The van der Waals surface area contributed by atoms with Gasteiger partial charge in [-0.2, -0.15) is 6.07 Å². The molecule has 0 saturated heterocycles. The average Bonchev–Trinajstić information content (AvgIpc) is 3.68. The van der Waals surface area contributed by atoms with E-state index in [1.807, 2.05) is 54.7 Å². The fourth-order valence-corrected chi connectivity index (χ4v) is 7.64. The van der Waals surface area contributed by atoms with Crippen LogP contribution in [0.3, 0.4) is 0 Å². The first-order valence-corrected chi connectivity index (χ1v) is 16.8. The molecule has 0 unspecified atom stereocenters. The van der Waals surface area contributed by atoms with Crippen molar-refractivity contribution >= 4 is 27.7 Å². The van der Waals surface area contributed by atoms with E-state index in [-0.39, 0.29) is 38.6 Å². The molecule has 2 atom stereocenters. The van der Waals surface area contributed by atoms with E-state index in [0.717, 1.165) is 44.5 Å². The molecule has 248 valence electrons. The van der Waals surface area contributed by atoms with E-state index >= 15 is 0 Å². The minimum atomic E-state index is -0.245. The van der Waals surface area contributed by atoms with Crippen molar-refractivity contribution in [3.63, 3.8) is 0 Å². The quantitative estimate of drug-likeness (QED) is 0.162. The fourth-order valence-electron chi connectivity index (χ4n) is 7.64. The number of aromatic nitrogens is 2. The Labute approximate surface area is 306 Å². The van der Waals surface area contributed by atoms with Crippen molar-refractivity contribution in [1.82, 2.24) is 9.55 Å². The molecule has 50 heavy (non-hydrogen) atoms. The van der Waals surface area contributed by atoms with Crippen LogP contribution in [0.1, 0.15) is 70.5 Å². The van der Waals surface area contributed by atoms with Crippen molar-refractivity contribution in [1.29, 1.82) is 0 Å². The molecule has 0 aliphatic carbocycles. The molecule has 0 saturated carbocycles. The van der Waals surface area contributed by atoms with Crippen LogP contribution in [0.15, 0.2) is 114 Å². The molecule has 9 rings (SSSR count). The third kappa shape index (κ3) is 5.10. The molecular formula is C44H35N3O2Pt. The van der Waals surface area contributed by atoms with Gasteiger partial charge in [-0.25, -0.2) is 4.98 Å². The summed E-state index contributed by atoms with van der Waals surface area (Å²) < 4.78 is 15.6. The second kappa shape index (κ2) is 12.1. The van der Waals surface area contributed by atoms with Crippen molar-refractivity contribution in [3.8, 4) is 17.3 Å². The van der Waals surface area contributed by atoms with Gasteiger partial charge in [-0.1, -0.05) is 135 Å². The Balaban J connectivity index is 0.00000361. The Morgan fingerprint density at radius 1 is 0.760 bits per heavy atom. The van der Waals surface area contributed by atoms with Crippen LogP contribution in [0, 0.1) is 32.9 Å². The van der Waals surface area contributed by atoms with Crippen LogP contribution >= 0.6 is 0 Å². The summed E-state index contributed by atoms with van der Waals surface area (Å²) in [5, 5.41) is 2.35. The van der Waals surface area contributed by atoms with Crippen molar-refractivity contribution in [2.45, 2.75) is 52.2 Å². The van der Waals surface area contributed by atoms with Crippen molar-refractivity contribution in [2.75, 3.05) is 0 Å². The topological polar surface area (TPSA) is 48.6 Å². The largest absolute Gasteiger partial charge is 2.00 e. The number of benzene rings is 5. The third-order valence-electron chi connectivity index (χ3n) is 10.0. The minimum absolute atomic E-state index is 0. The number of fused-ring (bicyclic) bond motifs is 5. The Morgan fingerprint density at radius 3 is 2.24 bits per heavy atom. The summed E-state index contributed by atoms with van der Waals surface area (Å²) in [7, 11) is 0. The monoisotopic (exact) mass is 832 g/mol. The smallest absolute Gasteiger partial charge is 0.510 e. The maximum absolute atomic E-state index is 6.66. The van der Waals surface area contributed by atoms with Gasteiger partial charge < -0.3 is 14.0 Å². The molecule has 6 heteroatoms. The molecule has 0 fully saturated rings. The van der Waals surface area contributed by atoms with E-state index in [1.54, 1.807) is 0 Å². The molecule has 7 aromatic rings. The molecule has 4 heterocycles. The zero-order valence-electron chi connectivity index (χ0n) is 28.5. The van der Waals surface area contributed by atoms with Crippen LogP contribution in [0.25, 0.3) is 27.6 Å². The molecule has 2 aliphatic heterocycles. The number of ether oxygens (including phenoxy) is 2. The van der Waals surface area contributed by atoms with Gasteiger partial charge >= 0.3 is 21.1 Å². The van der Waals surface area contributed by atoms with Crippen molar-refractivity contribution < 1.29 is 30.5 Å². The predicted octanol–water partition coefficient (Wildman–Crippen LogP) is 10.4. The number of aryl methyl sites for hydroxylation is 3. The first-order valence-electron chi connectivity index (χ1n) is 16.8. The summed E-state index contributed by atoms with van der Waals surface area (Å²) in [6.45, 7) is 10.9. The van der Waals surface area contributed by atoms with Gasteiger partial charge in [0.25, 0.3) is 0 Å². The average molecular weight is 833 g/mol. The summed E-state index contributed by atoms with van der Waals surface area (Å²) in [4.78, 5) is 10.0. The molecule has 0 amide bonds. The third-order valence-corrected chi connectivity index (χ3v) is 10.0. The van der Waals surface area contributed by atoms with Gasteiger partial charge in [-0.05, 0) is 35.1 Å². The molecule has 5 nitrogen and oxygen atoms in total. The van der Waals surface area contributed by atoms with Gasteiger partial charge in [-0.15, -0.1) is 28.6 Å². The van der Waals surface area contributed by atoms with E-state index in [4.69, 9.17) is 19.5 Å². The summed E-state index contributed by atoms with van der Waals surface area (Å²) >= 11 is 0. The standard InChI is InChI=1S/C44H35N3O2.Pt/c1-26-19-31(43-46-39(29-13-8-6-9-14-29)41(49-43)30-15-10-7-11-16-30)24-32(20-26)48-38-25-37-33(23-28(38)3)34-21-27(2)22-36-40(34)47(37)42-35(44(36,4)5)17-12-18-45-42;/h6-23,39,41H,1-5H3;/q-2;+2/t39-,41-;/m1./s1. The van der Waals surface area contributed by atoms with E-state index in [1.165, 1.54) is 27.6 Å². The van der Waals surface area contributed by atoms with Crippen molar-refractivity contribution in [3.05, 3.63) is 166 Å². The van der Waals surface area contributed by atoms with Crippen LogP contribution in [0.4, 0.5) is 0 Å². The number of aliphatic imine (C=N–C) groups is 1. The van der Waals surface area contributed by atoms with E-state index in [2.05, 4.69) is 106 Å². The maximum atomic E-state index is 6.66. The summed E-state index contributed by atoms with van der Waals surface area (Å²) in [6, 6.07) is 42.7. The van der Waals surface area contributed by atoms with Gasteiger partial charge in [0.15, 0.2) is 0 Å². The molecular weight excluding hydrogens is 798 g/mol. The molecule has 5 aromatic carbocycles. The minimum Gasteiger partial charge on any atom is -0.510 e. The molecule has 0 radical (unpaired) electrons. The second-order valence-corrected chi connectivity index (χ2v) is 13.9. The van der Waals surface area contributed by atoms with Gasteiger partial charge in [0.05, 0.1) is 0 Å². The summed E-state index contributed by atoms with van der Waals surface area (Å²) in [5.41, 5.74) is 10.6. The molecule has 2 aliphatic rings. The van der Waals surface area contributed by atoms with Gasteiger partial charge in [0.2, 0.25) is 0 Å². The zero-order valence-corrected chi connectivity index (χ0v) is 30.8. The van der Waals surface area contributed by atoms with Crippen LogP contribution in [0.5, 0.6) is 11.5 Å². The fraction of sp³-hybridized carbons (Fsp3) is 0.182. The molecule has 2 aromatic heterocycles. The van der Waals surface area contributed by atoms with E-state index in [0.29, 0.717) is 17.4 Å². The van der Waals surface area contributed by atoms with Gasteiger partial charge in [0, 0.05) is 34.2 Å². The SMILES string of the molecule is Cc1cc(Oc2[c-]c3c(cc2C)c2cc(C)cc4c2n3-c2ncccc2C4(C)C)[c-]c(C2=N[C@H](c3ccccc3)[C@@H](c3ccccc3)O2)c1.[Pt+2]. The number of hydrogen-bond donors (Lipinski definition) is 0. The van der Waals surface area contributed by atoms with Gasteiger partial charge in [-0.3, -0.25) is 4.99 Å². The van der Waals surface area contributed by atoms with Crippen LogP contribution in [-0.4, -0.2) is 15.4 Å². The first kappa shape index (κ1) is 32.2. The molecule has 0 bridgehead atoms. The first-order chi connectivity index (χ1) is 23.8. The second-order valence-electron chi connectivity index (χ2n) is 13.9. The number of rotatable bonds is 5. The zero-order chi connectivity index (χ0) is 33.4. The van der Waals surface area contributed by atoms with Crippen LogP contribution in [-0.2, 0) is 31.2 Å². The molecule has 0 spiro atoms. The van der Waals surface area contributed by atoms with Gasteiger partial charge in [0.1, 0.15) is 23.9 Å². The van der Waals surface area contributed by atoms with Crippen LogP contribution < -0.4 is 4.74 Å². The maximum Gasteiger partial charge on any atom is 2.00 e. The van der Waals surface area contributed by atoms with E-state index < -0.39 is 0 Å². The van der Waals surface area contributed by atoms with E-state index in [9.17, 15) is 0 Å². The number of hydrogen-bond acceptors (Lipinski definition) is 4. The Hall–Kier alpha value is -4.99. The summed E-state index contributed by atoms with van der Waals surface area (Å²) in [6.07, 6.45) is 1.63. The van der Waals surface area contributed by atoms with Crippen molar-refractivity contribution in [2.24, 2.45) is 4.99 Å².